The number of benzene rings is 2. The van der Waals surface area contributed by atoms with Crippen molar-refractivity contribution in [3.63, 3.8) is 0 Å². The van der Waals surface area contributed by atoms with Gasteiger partial charge in [-0.15, -0.1) is 11.6 Å². The second kappa shape index (κ2) is 10.1. The molecule has 0 radical (unpaired) electrons. The van der Waals surface area contributed by atoms with E-state index in [0.29, 0.717) is 34.0 Å². The number of nitrogens with zero attached hydrogens (tertiary/aromatic N) is 2. The molecule has 0 unspecified atom stereocenters. The average Bonchev–Trinajstić information content (AvgIpc) is 2.80. The van der Waals surface area contributed by atoms with Crippen molar-refractivity contribution in [2.24, 2.45) is 5.73 Å². The standard InChI is InChI=1S/C24H25ClN4O2/c1-3-29(4-2)19-8-9-21(28-24(31)18-7-5-6-16(12-18)15-25)20(14-19)22-13-17(23(26)30)10-11-27-22/h5-14H,3-4,15H2,1-2H3,(H2,26,30)(H,28,31). The molecule has 0 aliphatic rings. The molecule has 0 fully saturated rings. The molecule has 3 aromatic rings. The van der Waals surface area contributed by atoms with Crippen LogP contribution in [0.5, 0.6) is 0 Å². The second-order valence-corrected chi connectivity index (χ2v) is 7.25. The smallest absolute Gasteiger partial charge is 0.255 e. The second-order valence-electron chi connectivity index (χ2n) is 6.98. The lowest BCUT2D eigenvalue weighted by Gasteiger charge is -2.23. The maximum atomic E-state index is 12.9. The summed E-state index contributed by atoms with van der Waals surface area (Å²) >= 11 is 5.90. The number of hydrogen-bond acceptors (Lipinski definition) is 4. The molecule has 0 atom stereocenters. The number of nitrogens with two attached hydrogens (primary N) is 1. The molecule has 31 heavy (non-hydrogen) atoms. The number of halogens is 1. The first-order valence-corrected chi connectivity index (χ1v) is 10.6. The predicted octanol–water partition coefficient (Wildman–Crippen LogP) is 4.68. The van der Waals surface area contributed by atoms with Gasteiger partial charge in [0.25, 0.3) is 5.91 Å². The Balaban J connectivity index is 2.05. The van der Waals surface area contributed by atoms with Crippen LogP contribution < -0.4 is 16.0 Å². The number of hydrogen-bond donors (Lipinski definition) is 2. The lowest BCUT2D eigenvalue weighted by molar-refractivity contribution is 0.0997. The van der Waals surface area contributed by atoms with Crippen molar-refractivity contribution in [3.8, 4) is 11.3 Å². The van der Waals surface area contributed by atoms with Gasteiger partial charge in [0, 0.05) is 47.5 Å². The Morgan fingerprint density at radius 3 is 2.48 bits per heavy atom. The lowest BCUT2D eigenvalue weighted by atomic mass is 10.0. The van der Waals surface area contributed by atoms with Crippen LogP contribution in [0.1, 0.15) is 40.1 Å². The average molecular weight is 437 g/mol. The van der Waals surface area contributed by atoms with Crippen LogP contribution in [0.25, 0.3) is 11.3 Å². The molecule has 0 saturated carbocycles. The van der Waals surface area contributed by atoms with Crippen molar-refractivity contribution < 1.29 is 9.59 Å². The van der Waals surface area contributed by atoms with E-state index in [0.717, 1.165) is 24.3 Å². The van der Waals surface area contributed by atoms with Crippen molar-refractivity contribution in [2.45, 2.75) is 19.7 Å². The summed E-state index contributed by atoms with van der Waals surface area (Å²) in [4.78, 5) is 31.2. The molecule has 1 aromatic heterocycles. The Hall–Kier alpha value is -3.38. The van der Waals surface area contributed by atoms with Gasteiger partial charge >= 0.3 is 0 Å². The van der Waals surface area contributed by atoms with E-state index in [1.54, 1.807) is 30.3 Å². The number of anilines is 2. The number of rotatable bonds is 8. The number of primary amides is 1. The van der Waals surface area contributed by atoms with Crippen molar-refractivity contribution >= 4 is 34.8 Å². The van der Waals surface area contributed by atoms with Gasteiger partial charge in [0.2, 0.25) is 5.91 Å². The largest absolute Gasteiger partial charge is 0.372 e. The zero-order chi connectivity index (χ0) is 22.4. The van der Waals surface area contributed by atoms with Crippen LogP contribution in [0, 0.1) is 0 Å². The van der Waals surface area contributed by atoms with Gasteiger partial charge in [-0.2, -0.15) is 0 Å². The molecule has 7 heteroatoms. The highest BCUT2D eigenvalue weighted by Crippen LogP contribution is 2.32. The van der Waals surface area contributed by atoms with Crippen LogP contribution in [-0.2, 0) is 5.88 Å². The highest BCUT2D eigenvalue weighted by atomic mass is 35.5. The van der Waals surface area contributed by atoms with Gasteiger partial charge in [0.05, 0.1) is 11.4 Å². The highest BCUT2D eigenvalue weighted by Gasteiger charge is 2.15. The van der Waals surface area contributed by atoms with Crippen LogP contribution in [0.4, 0.5) is 11.4 Å². The van der Waals surface area contributed by atoms with Crippen molar-refractivity contribution in [1.82, 2.24) is 4.98 Å². The van der Waals surface area contributed by atoms with Crippen molar-refractivity contribution in [1.29, 1.82) is 0 Å². The number of carbonyl (C=O) groups excluding carboxylic acids is 2. The highest BCUT2D eigenvalue weighted by molar-refractivity contribution is 6.17. The van der Waals surface area contributed by atoms with Crippen LogP contribution in [0.15, 0.2) is 60.8 Å². The SMILES string of the molecule is CCN(CC)c1ccc(NC(=O)c2cccc(CCl)c2)c(-c2cc(C(N)=O)ccn2)c1. The minimum atomic E-state index is -0.535. The summed E-state index contributed by atoms with van der Waals surface area (Å²) in [6, 6.07) is 16.1. The molecule has 2 aromatic carbocycles. The van der Waals surface area contributed by atoms with Gasteiger partial charge in [-0.05, 0) is 61.9 Å². The fraction of sp³-hybridized carbons (Fsp3) is 0.208. The Bertz CT molecular complexity index is 1100. The van der Waals surface area contributed by atoms with E-state index >= 15 is 0 Å². The molecule has 1 heterocycles. The lowest BCUT2D eigenvalue weighted by Crippen LogP contribution is -2.22. The molecule has 3 rings (SSSR count). The molecule has 0 bridgehead atoms. The van der Waals surface area contributed by atoms with E-state index in [1.807, 2.05) is 24.3 Å². The number of aromatic nitrogens is 1. The molecular weight excluding hydrogens is 412 g/mol. The van der Waals surface area contributed by atoms with E-state index in [4.69, 9.17) is 17.3 Å². The molecule has 3 N–H and O–H groups in total. The summed E-state index contributed by atoms with van der Waals surface area (Å²) in [5, 5.41) is 2.97. The summed E-state index contributed by atoms with van der Waals surface area (Å²) in [5.74, 6) is -0.462. The van der Waals surface area contributed by atoms with Gasteiger partial charge in [0.15, 0.2) is 0 Å². The van der Waals surface area contributed by atoms with Gasteiger partial charge in [-0.3, -0.25) is 14.6 Å². The maximum Gasteiger partial charge on any atom is 0.255 e. The van der Waals surface area contributed by atoms with Gasteiger partial charge in [0.1, 0.15) is 0 Å². The van der Waals surface area contributed by atoms with E-state index in [2.05, 4.69) is 29.0 Å². The minimum absolute atomic E-state index is 0.255. The summed E-state index contributed by atoms with van der Waals surface area (Å²) < 4.78 is 0. The topological polar surface area (TPSA) is 88.3 Å². The summed E-state index contributed by atoms with van der Waals surface area (Å²) in [6.45, 7) is 5.83. The minimum Gasteiger partial charge on any atom is -0.372 e. The summed E-state index contributed by atoms with van der Waals surface area (Å²) in [7, 11) is 0. The first-order valence-electron chi connectivity index (χ1n) is 10.1. The molecule has 0 spiro atoms. The molecular formula is C24H25ClN4O2. The monoisotopic (exact) mass is 436 g/mol. The summed E-state index contributed by atoms with van der Waals surface area (Å²) in [5.41, 5.74) is 10.0. The number of carbonyl (C=O) groups is 2. The van der Waals surface area contributed by atoms with Crippen LogP contribution in [0.3, 0.4) is 0 Å². The van der Waals surface area contributed by atoms with Gasteiger partial charge in [-0.25, -0.2) is 0 Å². The first kappa shape index (κ1) is 22.3. The Labute approximate surface area is 187 Å². The van der Waals surface area contributed by atoms with Gasteiger partial charge in [-0.1, -0.05) is 12.1 Å². The van der Waals surface area contributed by atoms with E-state index < -0.39 is 5.91 Å². The van der Waals surface area contributed by atoms with Crippen LogP contribution >= 0.6 is 11.6 Å². The number of pyridine rings is 1. The molecule has 6 nitrogen and oxygen atoms in total. The van der Waals surface area contributed by atoms with Gasteiger partial charge < -0.3 is 16.0 Å². The fourth-order valence-electron chi connectivity index (χ4n) is 3.36. The number of alkyl halides is 1. The summed E-state index contributed by atoms with van der Waals surface area (Å²) in [6.07, 6.45) is 1.54. The molecule has 0 saturated heterocycles. The quantitative estimate of drug-likeness (QED) is 0.501. The molecule has 160 valence electrons. The first-order chi connectivity index (χ1) is 15.0. The third-order valence-electron chi connectivity index (χ3n) is 5.04. The van der Waals surface area contributed by atoms with Crippen LogP contribution in [-0.4, -0.2) is 29.9 Å². The van der Waals surface area contributed by atoms with E-state index in [1.165, 1.54) is 6.20 Å². The molecule has 0 aliphatic carbocycles. The molecule has 0 aliphatic heterocycles. The number of nitrogens with one attached hydrogen (secondary N) is 1. The predicted molar refractivity (Wildman–Crippen MR) is 126 cm³/mol. The Morgan fingerprint density at radius 2 is 1.81 bits per heavy atom. The third-order valence-corrected chi connectivity index (χ3v) is 5.35. The van der Waals surface area contributed by atoms with E-state index in [-0.39, 0.29) is 5.91 Å². The maximum absolute atomic E-state index is 12.9. The Kier molecular flexibility index (Phi) is 7.26. The zero-order valence-corrected chi connectivity index (χ0v) is 18.3. The fourth-order valence-corrected chi connectivity index (χ4v) is 3.53. The van der Waals surface area contributed by atoms with Crippen molar-refractivity contribution in [3.05, 3.63) is 77.5 Å². The third kappa shape index (κ3) is 5.22. The number of amides is 2. The molecule has 2 amide bonds. The zero-order valence-electron chi connectivity index (χ0n) is 17.6. The van der Waals surface area contributed by atoms with Crippen molar-refractivity contribution in [2.75, 3.05) is 23.3 Å². The van der Waals surface area contributed by atoms with Crippen LogP contribution in [0.2, 0.25) is 0 Å². The Morgan fingerprint density at radius 1 is 1.03 bits per heavy atom. The van der Waals surface area contributed by atoms with E-state index in [9.17, 15) is 9.59 Å². The normalized spacial score (nSPS) is 10.5.